The Labute approximate surface area is 121 Å². The number of nitrogens with one attached hydrogen (secondary N) is 2. The van der Waals surface area contributed by atoms with Crippen molar-refractivity contribution in [3.8, 4) is 0 Å². The molecule has 21 heavy (non-hydrogen) atoms. The molecule has 1 aromatic heterocycles. The normalized spacial score (nSPS) is 18.8. The highest BCUT2D eigenvalue weighted by Crippen LogP contribution is 2.37. The summed E-state index contributed by atoms with van der Waals surface area (Å²) in [6.07, 6.45) is 4.55. The second kappa shape index (κ2) is 5.72. The van der Waals surface area contributed by atoms with Crippen molar-refractivity contribution in [3.05, 3.63) is 34.8 Å². The maximum absolute atomic E-state index is 14.2. The van der Waals surface area contributed by atoms with Crippen molar-refractivity contribution >= 4 is 10.9 Å². The third kappa shape index (κ3) is 2.44. The highest BCUT2D eigenvalue weighted by molar-refractivity contribution is 5.86. The molecule has 1 unspecified atom stereocenters. The number of hydrogen-bond donors (Lipinski definition) is 2. The molecule has 0 spiro atoms. The number of aromatic amines is 1. The van der Waals surface area contributed by atoms with Gasteiger partial charge in [-0.3, -0.25) is 0 Å². The van der Waals surface area contributed by atoms with E-state index < -0.39 is 17.5 Å². The molecule has 114 valence electrons. The summed E-state index contributed by atoms with van der Waals surface area (Å²) in [6, 6.07) is 0.564. The van der Waals surface area contributed by atoms with Crippen LogP contribution in [-0.2, 0) is 6.42 Å². The van der Waals surface area contributed by atoms with E-state index in [-0.39, 0.29) is 16.9 Å². The van der Waals surface area contributed by atoms with E-state index in [0.29, 0.717) is 11.6 Å². The van der Waals surface area contributed by atoms with Crippen LogP contribution in [0.25, 0.3) is 10.9 Å². The predicted molar refractivity (Wildman–Crippen MR) is 76.8 cm³/mol. The molecule has 0 saturated carbocycles. The van der Waals surface area contributed by atoms with Crippen molar-refractivity contribution in [1.29, 1.82) is 0 Å². The minimum Gasteiger partial charge on any atom is -0.356 e. The van der Waals surface area contributed by atoms with Gasteiger partial charge in [0.05, 0.1) is 5.52 Å². The van der Waals surface area contributed by atoms with Crippen LogP contribution in [0.1, 0.15) is 49.9 Å². The van der Waals surface area contributed by atoms with E-state index in [1.807, 2.05) is 0 Å². The van der Waals surface area contributed by atoms with Gasteiger partial charge in [0.1, 0.15) is 5.82 Å². The smallest absolute Gasteiger partial charge is 0.168 e. The fraction of sp³-hybridized carbons (Fsp3) is 0.500. The van der Waals surface area contributed by atoms with Gasteiger partial charge < -0.3 is 10.3 Å². The number of aromatic nitrogens is 1. The van der Waals surface area contributed by atoms with Crippen molar-refractivity contribution < 1.29 is 13.2 Å². The number of benzene rings is 1. The summed E-state index contributed by atoms with van der Waals surface area (Å²) >= 11 is 0. The van der Waals surface area contributed by atoms with Gasteiger partial charge in [0.2, 0.25) is 0 Å². The van der Waals surface area contributed by atoms with Crippen molar-refractivity contribution in [2.45, 2.75) is 45.1 Å². The highest BCUT2D eigenvalue weighted by atomic mass is 19.2. The number of rotatable bonds is 3. The first-order valence-corrected chi connectivity index (χ1v) is 7.54. The zero-order chi connectivity index (χ0) is 15.0. The second-order valence-corrected chi connectivity index (χ2v) is 5.67. The Morgan fingerprint density at radius 1 is 1.24 bits per heavy atom. The van der Waals surface area contributed by atoms with Gasteiger partial charge in [-0.1, -0.05) is 13.3 Å². The van der Waals surface area contributed by atoms with Crippen LogP contribution >= 0.6 is 0 Å². The molecule has 1 heterocycles. The fourth-order valence-corrected chi connectivity index (χ4v) is 3.24. The summed E-state index contributed by atoms with van der Waals surface area (Å²) < 4.78 is 41.8. The van der Waals surface area contributed by atoms with Crippen LogP contribution in [0.5, 0.6) is 0 Å². The average molecular weight is 296 g/mol. The molecule has 0 saturated heterocycles. The fourth-order valence-electron chi connectivity index (χ4n) is 3.24. The van der Waals surface area contributed by atoms with Crippen LogP contribution in [0.15, 0.2) is 6.07 Å². The lowest BCUT2D eigenvalue weighted by Gasteiger charge is -2.17. The Kier molecular flexibility index (Phi) is 3.93. The molecule has 1 aliphatic rings. The first kappa shape index (κ1) is 14.4. The molecule has 2 nitrogen and oxygen atoms in total. The van der Waals surface area contributed by atoms with E-state index in [2.05, 4.69) is 17.2 Å². The standard InChI is InChI=1S/C16H19F3N2/c1-2-7-20-11-5-3-4-6-12-13(11)14-15(19)9(17)8-10(18)16(14)21-12/h8,11,20-21H,2-7H2,1H3. The predicted octanol–water partition coefficient (Wildman–Crippen LogP) is 4.35. The topological polar surface area (TPSA) is 27.8 Å². The van der Waals surface area contributed by atoms with Gasteiger partial charge in [-0.05, 0) is 32.2 Å². The Hall–Kier alpha value is -1.49. The first-order chi connectivity index (χ1) is 10.1. The number of halogens is 3. The van der Waals surface area contributed by atoms with Gasteiger partial charge in [0, 0.05) is 28.8 Å². The van der Waals surface area contributed by atoms with Gasteiger partial charge in [-0.15, -0.1) is 0 Å². The molecule has 5 heteroatoms. The molecule has 1 aromatic carbocycles. The van der Waals surface area contributed by atoms with E-state index in [1.54, 1.807) is 0 Å². The monoisotopic (exact) mass is 296 g/mol. The molecule has 3 rings (SSSR count). The van der Waals surface area contributed by atoms with Crippen LogP contribution in [0.4, 0.5) is 13.2 Å². The summed E-state index contributed by atoms with van der Waals surface area (Å²) in [4.78, 5) is 2.98. The Bertz CT molecular complexity index is 663. The van der Waals surface area contributed by atoms with Crippen molar-refractivity contribution in [3.63, 3.8) is 0 Å². The SMILES string of the molecule is CCCNC1CCCCc2[nH]c3c(F)cc(F)c(F)c3c21. The van der Waals surface area contributed by atoms with Crippen LogP contribution in [0.3, 0.4) is 0 Å². The number of H-pyrrole nitrogens is 1. The summed E-state index contributed by atoms with van der Waals surface area (Å²) in [5.74, 6) is -2.80. The Morgan fingerprint density at radius 3 is 2.81 bits per heavy atom. The highest BCUT2D eigenvalue weighted by Gasteiger charge is 2.27. The van der Waals surface area contributed by atoms with Crippen LogP contribution in [0.2, 0.25) is 0 Å². The lowest BCUT2D eigenvalue weighted by atomic mass is 10.00. The molecular formula is C16H19F3N2. The van der Waals surface area contributed by atoms with E-state index in [0.717, 1.165) is 44.3 Å². The molecule has 0 fully saturated rings. The quantitative estimate of drug-likeness (QED) is 0.639. The van der Waals surface area contributed by atoms with Gasteiger partial charge in [-0.2, -0.15) is 0 Å². The maximum Gasteiger partial charge on any atom is 0.168 e. The van der Waals surface area contributed by atoms with E-state index in [4.69, 9.17) is 0 Å². The van der Waals surface area contributed by atoms with Gasteiger partial charge in [0.25, 0.3) is 0 Å². The number of hydrogen-bond acceptors (Lipinski definition) is 1. The largest absolute Gasteiger partial charge is 0.356 e. The van der Waals surface area contributed by atoms with Gasteiger partial charge in [-0.25, -0.2) is 13.2 Å². The minimum atomic E-state index is -1.12. The van der Waals surface area contributed by atoms with Crippen LogP contribution in [-0.4, -0.2) is 11.5 Å². The Morgan fingerprint density at radius 2 is 2.05 bits per heavy atom. The summed E-state index contributed by atoms with van der Waals surface area (Å²) in [7, 11) is 0. The zero-order valence-corrected chi connectivity index (χ0v) is 12.0. The number of fused-ring (bicyclic) bond motifs is 3. The third-order valence-corrected chi connectivity index (χ3v) is 4.20. The van der Waals surface area contributed by atoms with E-state index >= 15 is 0 Å². The average Bonchev–Trinajstić information content (AvgIpc) is 2.74. The molecule has 2 aromatic rings. The molecule has 0 radical (unpaired) electrons. The molecule has 1 aliphatic carbocycles. The lowest BCUT2D eigenvalue weighted by Crippen LogP contribution is -2.22. The molecule has 0 amide bonds. The Balaban J connectivity index is 2.21. The van der Waals surface area contributed by atoms with Crippen LogP contribution in [0, 0.1) is 17.5 Å². The second-order valence-electron chi connectivity index (χ2n) is 5.67. The first-order valence-electron chi connectivity index (χ1n) is 7.54. The van der Waals surface area contributed by atoms with E-state index in [1.165, 1.54) is 0 Å². The van der Waals surface area contributed by atoms with Crippen molar-refractivity contribution in [2.24, 2.45) is 0 Å². The van der Waals surface area contributed by atoms with Crippen molar-refractivity contribution in [2.75, 3.05) is 6.54 Å². The summed E-state index contributed by atoms with van der Waals surface area (Å²) in [5.41, 5.74) is 1.63. The van der Waals surface area contributed by atoms with E-state index in [9.17, 15) is 13.2 Å². The third-order valence-electron chi connectivity index (χ3n) is 4.20. The summed E-state index contributed by atoms with van der Waals surface area (Å²) in [6.45, 7) is 2.86. The van der Waals surface area contributed by atoms with Gasteiger partial charge in [0.15, 0.2) is 11.6 Å². The zero-order valence-electron chi connectivity index (χ0n) is 12.0. The summed E-state index contributed by atoms with van der Waals surface area (Å²) in [5, 5.41) is 3.46. The van der Waals surface area contributed by atoms with Crippen molar-refractivity contribution in [1.82, 2.24) is 10.3 Å². The molecular weight excluding hydrogens is 277 g/mol. The molecule has 1 atom stereocenters. The van der Waals surface area contributed by atoms with Gasteiger partial charge >= 0.3 is 0 Å². The molecule has 0 aliphatic heterocycles. The maximum atomic E-state index is 14.2. The minimum absolute atomic E-state index is 0.0492. The molecule has 2 N–H and O–H groups in total. The number of aryl methyl sites for hydroxylation is 1. The van der Waals surface area contributed by atoms with Crippen LogP contribution < -0.4 is 5.32 Å². The lowest BCUT2D eigenvalue weighted by molar-refractivity contribution is 0.485. The molecule has 0 bridgehead atoms.